The molecule has 0 amide bonds. The summed E-state index contributed by atoms with van der Waals surface area (Å²) in [5.74, 6) is 0. The molecular weight excluding hydrogens is 234 g/mol. The third-order valence-corrected chi connectivity index (χ3v) is 2.91. The van der Waals surface area contributed by atoms with Gasteiger partial charge in [0, 0.05) is 19.6 Å². The van der Waals surface area contributed by atoms with Gasteiger partial charge in [-0.15, -0.1) is 0 Å². The molecule has 4 nitrogen and oxygen atoms in total. The van der Waals surface area contributed by atoms with Crippen LogP contribution in [0.25, 0.3) is 0 Å². The average molecular weight is 261 g/mol. The highest BCUT2D eigenvalue weighted by Gasteiger charge is 2.07. The largest absolute Gasteiger partial charge is 0.391 e. The zero-order valence-corrected chi connectivity index (χ0v) is 12.4. The standard InChI is InChI=1S/C12H27N3OS/c1-5-6-15(8-7-14(3)4)9-10-16-11(2)12(13)17/h11H,5-10H2,1-4H3,(H2,13,17). The van der Waals surface area contributed by atoms with E-state index >= 15 is 0 Å². The summed E-state index contributed by atoms with van der Waals surface area (Å²) in [5, 5.41) is 0. The number of likely N-dealkylation sites (N-methyl/N-ethyl adjacent to an activating group) is 1. The van der Waals surface area contributed by atoms with E-state index in [1.807, 2.05) is 6.92 Å². The van der Waals surface area contributed by atoms with Crippen molar-refractivity contribution >= 4 is 17.2 Å². The Hall–Kier alpha value is -0.230. The summed E-state index contributed by atoms with van der Waals surface area (Å²) in [4.78, 5) is 5.04. The quantitative estimate of drug-likeness (QED) is 0.593. The molecule has 0 spiro atoms. The van der Waals surface area contributed by atoms with Gasteiger partial charge in [0.15, 0.2) is 0 Å². The molecule has 0 saturated heterocycles. The summed E-state index contributed by atoms with van der Waals surface area (Å²) in [6, 6.07) is 0. The van der Waals surface area contributed by atoms with E-state index in [0.29, 0.717) is 11.6 Å². The van der Waals surface area contributed by atoms with Crippen molar-refractivity contribution in [3.8, 4) is 0 Å². The third kappa shape index (κ3) is 9.47. The normalized spacial score (nSPS) is 13.3. The SMILES string of the molecule is CCCN(CCOC(C)C(N)=S)CCN(C)C. The van der Waals surface area contributed by atoms with Crippen molar-refractivity contribution in [3.63, 3.8) is 0 Å². The summed E-state index contributed by atoms with van der Waals surface area (Å²) in [6.45, 7) is 8.98. The Morgan fingerprint density at radius 1 is 1.24 bits per heavy atom. The Bertz CT molecular complexity index is 212. The molecular formula is C12H27N3OS. The van der Waals surface area contributed by atoms with Gasteiger partial charge < -0.3 is 15.4 Å². The Labute approximate surface area is 111 Å². The number of thiocarbonyl (C=S) groups is 1. The molecule has 17 heavy (non-hydrogen) atoms. The van der Waals surface area contributed by atoms with E-state index in [-0.39, 0.29) is 6.10 Å². The van der Waals surface area contributed by atoms with Crippen LogP contribution < -0.4 is 5.73 Å². The van der Waals surface area contributed by atoms with Gasteiger partial charge in [-0.1, -0.05) is 19.1 Å². The van der Waals surface area contributed by atoms with Gasteiger partial charge >= 0.3 is 0 Å². The lowest BCUT2D eigenvalue weighted by Crippen LogP contribution is -2.36. The molecule has 0 aliphatic rings. The van der Waals surface area contributed by atoms with E-state index in [1.165, 1.54) is 0 Å². The van der Waals surface area contributed by atoms with Crippen LogP contribution in [0.3, 0.4) is 0 Å². The van der Waals surface area contributed by atoms with Crippen molar-refractivity contribution < 1.29 is 4.74 Å². The molecule has 0 fully saturated rings. The molecule has 0 heterocycles. The van der Waals surface area contributed by atoms with Crippen LogP contribution >= 0.6 is 12.2 Å². The van der Waals surface area contributed by atoms with Crippen LogP contribution in [0.4, 0.5) is 0 Å². The topological polar surface area (TPSA) is 41.7 Å². The number of ether oxygens (including phenoxy) is 1. The number of rotatable bonds is 10. The second kappa shape index (κ2) is 9.76. The molecule has 0 rings (SSSR count). The van der Waals surface area contributed by atoms with Crippen LogP contribution in [0.15, 0.2) is 0 Å². The van der Waals surface area contributed by atoms with E-state index in [9.17, 15) is 0 Å². The van der Waals surface area contributed by atoms with Gasteiger partial charge in [0.25, 0.3) is 0 Å². The number of hydrogen-bond donors (Lipinski definition) is 1. The number of nitrogens with two attached hydrogens (primary N) is 1. The lowest BCUT2D eigenvalue weighted by Gasteiger charge is -2.24. The lowest BCUT2D eigenvalue weighted by atomic mass is 10.3. The average Bonchev–Trinajstić information content (AvgIpc) is 2.25. The van der Waals surface area contributed by atoms with Crippen LogP contribution in [0.2, 0.25) is 0 Å². The van der Waals surface area contributed by atoms with Gasteiger partial charge in [0.05, 0.1) is 6.61 Å². The fraction of sp³-hybridized carbons (Fsp3) is 0.917. The van der Waals surface area contributed by atoms with Crippen molar-refractivity contribution in [2.24, 2.45) is 5.73 Å². The summed E-state index contributed by atoms with van der Waals surface area (Å²) < 4.78 is 5.57. The highest BCUT2D eigenvalue weighted by atomic mass is 32.1. The Morgan fingerprint density at radius 2 is 1.88 bits per heavy atom. The smallest absolute Gasteiger partial charge is 0.104 e. The minimum atomic E-state index is -0.123. The van der Waals surface area contributed by atoms with E-state index in [1.54, 1.807) is 0 Å². The van der Waals surface area contributed by atoms with Crippen molar-refractivity contribution in [1.29, 1.82) is 0 Å². The highest BCUT2D eigenvalue weighted by molar-refractivity contribution is 7.80. The molecule has 0 aliphatic carbocycles. The molecule has 2 N–H and O–H groups in total. The van der Waals surface area contributed by atoms with Gasteiger partial charge in [-0.3, -0.25) is 4.90 Å². The van der Waals surface area contributed by atoms with Gasteiger partial charge in [0.1, 0.15) is 11.1 Å². The van der Waals surface area contributed by atoms with E-state index in [4.69, 9.17) is 22.7 Å². The first-order valence-corrected chi connectivity index (χ1v) is 6.66. The van der Waals surface area contributed by atoms with E-state index in [2.05, 4.69) is 30.8 Å². The van der Waals surface area contributed by atoms with Crippen LogP contribution in [-0.2, 0) is 4.74 Å². The maximum atomic E-state index is 5.57. The number of nitrogens with zero attached hydrogens (tertiary/aromatic N) is 2. The predicted molar refractivity (Wildman–Crippen MR) is 77.5 cm³/mol. The van der Waals surface area contributed by atoms with Crippen molar-refractivity contribution in [2.45, 2.75) is 26.4 Å². The van der Waals surface area contributed by atoms with E-state index < -0.39 is 0 Å². The van der Waals surface area contributed by atoms with Crippen LogP contribution in [0, 0.1) is 0 Å². The second-order valence-corrected chi connectivity index (χ2v) is 5.03. The minimum absolute atomic E-state index is 0.123. The first-order chi connectivity index (χ1) is 7.97. The maximum Gasteiger partial charge on any atom is 0.104 e. The van der Waals surface area contributed by atoms with Gasteiger partial charge in [-0.2, -0.15) is 0 Å². The van der Waals surface area contributed by atoms with Gasteiger partial charge in [0.2, 0.25) is 0 Å². The van der Waals surface area contributed by atoms with Crippen molar-refractivity contribution in [1.82, 2.24) is 9.80 Å². The maximum absolute atomic E-state index is 5.57. The minimum Gasteiger partial charge on any atom is -0.391 e. The first-order valence-electron chi connectivity index (χ1n) is 6.25. The Kier molecular flexibility index (Phi) is 9.63. The fourth-order valence-electron chi connectivity index (χ4n) is 1.43. The van der Waals surface area contributed by atoms with Crippen molar-refractivity contribution in [3.05, 3.63) is 0 Å². The fourth-order valence-corrected chi connectivity index (χ4v) is 1.50. The Morgan fingerprint density at radius 3 is 2.35 bits per heavy atom. The first kappa shape index (κ1) is 16.8. The molecule has 0 aliphatic heterocycles. The summed E-state index contributed by atoms with van der Waals surface area (Å²) >= 11 is 4.87. The van der Waals surface area contributed by atoms with Gasteiger partial charge in [-0.25, -0.2) is 0 Å². The molecule has 0 aromatic carbocycles. The molecule has 0 saturated carbocycles. The number of hydrogen-bond acceptors (Lipinski definition) is 4. The molecule has 1 unspecified atom stereocenters. The zero-order chi connectivity index (χ0) is 13.3. The monoisotopic (exact) mass is 261 g/mol. The summed E-state index contributed by atoms with van der Waals surface area (Å²) in [7, 11) is 4.19. The molecule has 0 bridgehead atoms. The molecule has 0 aromatic heterocycles. The van der Waals surface area contributed by atoms with E-state index in [0.717, 1.165) is 32.6 Å². The summed E-state index contributed by atoms with van der Waals surface area (Å²) in [6.07, 6.45) is 1.04. The third-order valence-electron chi connectivity index (χ3n) is 2.58. The summed E-state index contributed by atoms with van der Waals surface area (Å²) in [5.41, 5.74) is 5.50. The molecule has 5 heteroatoms. The van der Waals surface area contributed by atoms with Crippen LogP contribution in [0.1, 0.15) is 20.3 Å². The highest BCUT2D eigenvalue weighted by Crippen LogP contribution is 1.96. The molecule has 0 aromatic rings. The molecule has 0 radical (unpaired) electrons. The lowest BCUT2D eigenvalue weighted by molar-refractivity contribution is 0.0827. The zero-order valence-electron chi connectivity index (χ0n) is 11.6. The van der Waals surface area contributed by atoms with Gasteiger partial charge in [-0.05, 0) is 34.0 Å². The Balaban J connectivity index is 3.79. The van der Waals surface area contributed by atoms with Crippen LogP contribution in [0.5, 0.6) is 0 Å². The van der Waals surface area contributed by atoms with Crippen molar-refractivity contribution in [2.75, 3.05) is 46.9 Å². The predicted octanol–water partition coefficient (Wildman–Crippen LogP) is 0.951. The second-order valence-electron chi connectivity index (χ2n) is 4.56. The van der Waals surface area contributed by atoms with Crippen LogP contribution in [-0.4, -0.2) is 67.8 Å². The molecule has 102 valence electrons. The molecule has 1 atom stereocenters.